The third-order valence-corrected chi connectivity index (χ3v) is 5.80. The Balaban J connectivity index is 1.60. The van der Waals surface area contributed by atoms with Crippen molar-refractivity contribution in [3.8, 4) is 5.75 Å². The van der Waals surface area contributed by atoms with Crippen molar-refractivity contribution in [1.29, 1.82) is 0 Å². The van der Waals surface area contributed by atoms with Gasteiger partial charge in [-0.3, -0.25) is 4.79 Å². The molecule has 0 radical (unpaired) electrons. The maximum atomic E-state index is 12.7. The van der Waals surface area contributed by atoms with Gasteiger partial charge in [0.1, 0.15) is 12.4 Å². The molecule has 1 amide bonds. The molecule has 0 saturated carbocycles. The minimum absolute atomic E-state index is 0.186. The monoisotopic (exact) mass is 392 g/mol. The number of benzene rings is 1. The summed E-state index contributed by atoms with van der Waals surface area (Å²) in [5, 5.41) is 2.89. The van der Waals surface area contributed by atoms with Crippen LogP contribution in [-0.2, 0) is 21.4 Å². The van der Waals surface area contributed by atoms with Gasteiger partial charge < -0.3 is 14.6 Å². The standard InChI is InChI=1S/C18H24N4O4S/c1-27(24,25)22-9-4-5-15(13-22)18(23)20-16-6-2-3-7-17(16)26-12-11-21-10-8-19-14-21/h2-3,6-8,10,14-15H,4-5,9,11-13H2,1H3,(H,20,23). The highest BCUT2D eigenvalue weighted by Gasteiger charge is 2.30. The largest absolute Gasteiger partial charge is 0.490 e. The van der Waals surface area contributed by atoms with E-state index in [0.717, 1.165) is 0 Å². The van der Waals surface area contributed by atoms with Crippen LogP contribution >= 0.6 is 0 Å². The van der Waals surface area contributed by atoms with Gasteiger partial charge in [0.2, 0.25) is 15.9 Å². The molecule has 1 aromatic heterocycles. The van der Waals surface area contributed by atoms with Crippen LogP contribution in [0.4, 0.5) is 5.69 Å². The van der Waals surface area contributed by atoms with Crippen molar-refractivity contribution in [2.45, 2.75) is 19.4 Å². The Labute approximate surface area is 159 Å². The van der Waals surface area contributed by atoms with E-state index in [1.165, 1.54) is 10.6 Å². The predicted octanol–water partition coefficient (Wildman–Crippen LogP) is 1.57. The highest BCUT2D eigenvalue weighted by Crippen LogP contribution is 2.26. The molecule has 3 rings (SSSR count). The van der Waals surface area contributed by atoms with Gasteiger partial charge in [0.05, 0.1) is 30.7 Å². The molecule has 1 fully saturated rings. The maximum Gasteiger partial charge on any atom is 0.228 e. The number of ether oxygens (including phenoxy) is 1. The van der Waals surface area contributed by atoms with Crippen LogP contribution in [0.5, 0.6) is 5.75 Å². The van der Waals surface area contributed by atoms with Crippen molar-refractivity contribution in [3.63, 3.8) is 0 Å². The first-order chi connectivity index (χ1) is 12.9. The highest BCUT2D eigenvalue weighted by atomic mass is 32.2. The van der Waals surface area contributed by atoms with Crippen molar-refractivity contribution in [3.05, 3.63) is 43.0 Å². The van der Waals surface area contributed by atoms with Gasteiger partial charge in [-0.05, 0) is 25.0 Å². The lowest BCUT2D eigenvalue weighted by molar-refractivity contribution is -0.120. The number of rotatable bonds is 7. The van der Waals surface area contributed by atoms with Crippen molar-refractivity contribution in [1.82, 2.24) is 13.9 Å². The van der Waals surface area contributed by atoms with E-state index in [2.05, 4.69) is 10.3 Å². The Kier molecular flexibility index (Phi) is 6.12. The smallest absolute Gasteiger partial charge is 0.228 e. The highest BCUT2D eigenvalue weighted by molar-refractivity contribution is 7.88. The number of piperidine rings is 1. The van der Waals surface area contributed by atoms with Crippen LogP contribution in [0, 0.1) is 5.92 Å². The SMILES string of the molecule is CS(=O)(=O)N1CCCC(C(=O)Nc2ccccc2OCCn2ccnc2)C1. The number of sulfonamides is 1. The number of para-hydroxylation sites is 2. The molecule has 2 aromatic rings. The molecule has 0 aliphatic carbocycles. The van der Waals surface area contributed by atoms with E-state index < -0.39 is 10.0 Å². The van der Waals surface area contributed by atoms with E-state index in [4.69, 9.17) is 4.74 Å². The molecule has 8 nitrogen and oxygen atoms in total. The third kappa shape index (κ3) is 5.30. The molecule has 1 atom stereocenters. The first kappa shape index (κ1) is 19.4. The number of hydrogen-bond donors (Lipinski definition) is 1. The summed E-state index contributed by atoms with van der Waals surface area (Å²) in [5.41, 5.74) is 0.588. The van der Waals surface area contributed by atoms with Gasteiger partial charge in [-0.1, -0.05) is 12.1 Å². The minimum atomic E-state index is -3.29. The first-order valence-corrected chi connectivity index (χ1v) is 10.7. The molecule has 1 saturated heterocycles. The number of nitrogens with one attached hydrogen (secondary N) is 1. The average molecular weight is 392 g/mol. The zero-order valence-electron chi connectivity index (χ0n) is 15.2. The lowest BCUT2D eigenvalue weighted by Crippen LogP contribution is -2.43. The van der Waals surface area contributed by atoms with Gasteiger partial charge in [-0.15, -0.1) is 0 Å². The number of aromatic nitrogens is 2. The molecule has 27 heavy (non-hydrogen) atoms. The molecular formula is C18H24N4O4S. The maximum absolute atomic E-state index is 12.7. The van der Waals surface area contributed by atoms with Gasteiger partial charge in [0.15, 0.2) is 0 Å². The Hall–Kier alpha value is -2.39. The molecular weight excluding hydrogens is 368 g/mol. The molecule has 2 heterocycles. The van der Waals surface area contributed by atoms with Gasteiger partial charge in [-0.2, -0.15) is 0 Å². The fraction of sp³-hybridized carbons (Fsp3) is 0.444. The van der Waals surface area contributed by atoms with Crippen molar-refractivity contribution < 1.29 is 17.9 Å². The molecule has 1 aromatic carbocycles. The second-order valence-electron chi connectivity index (χ2n) is 6.59. The molecule has 1 aliphatic rings. The minimum Gasteiger partial charge on any atom is -0.490 e. The van der Waals surface area contributed by atoms with Crippen molar-refractivity contribution in [2.24, 2.45) is 5.92 Å². The second kappa shape index (κ2) is 8.53. The first-order valence-electron chi connectivity index (χ1n) is 8.87. The summed E-state index contributed by atoms with van der Waals surface area (Å²) < 4.78 is 32.6. The van der Waals surface area contributed by atoms with Crippen LogP contribution in [0.1, 0.15) is 12.8 Å². The van der Waals surface area contributed by atoms with Crippen molar-refractivity contribution >= 4 is 21.6 Å². The summed E-state index contributed by atoms with van der Waals surface area (Å²) >= 11 is 0. The lowest BCUT2D eigenvalue weighted by Gasteiger charge is -2.30. The van der Waals surface area contributed by atoms with Crippen LogP contribution < -0.4 is 10.1 Å². The van der Waals surface area contributed by atoms with Crippen LogP contribution in [0.25, 0.3) is 0 Å². The van der Waals surface area contributed by atoms with Gasteiger partial charge in [0.25, 0.3) is 0 Å². The summed E-state index contributed by atoms with van der Waals surface area (Å²) in [5.74, 6) is 0.0308. The van der Waals surface area contributed by atoms with Crippen LogP contribution in [0.15, 0.2) is 43.0 Å². The summed E-state index contributed by atoms with van der Waals surface area (Å²) in [6, 6.07) is 7.24. The number of anilines is 1. The molecule has 0 spiro atoms. The van der Waals surface area contributed by atoms with E-state index in [1.54, 1.807) is 24.7 Å². The van der Waals surface area contributed by atoms with Gasteiger partial charge in [0, 0.05) is 25.5 Å². The number of nitrogens with zero attached hydrogens (tertiary/aromatic N) is 3. The quantitative estimate of drug-likeness (QED) is 0.772. The van der Waals surface area contributed by atoms with E-state index in [0.29, 0.717) is 44.0 Å². The number of carbonyl (C=O) groups is 1. The second-order valence-corrected chi connectivity index (χ2v) is 8.58. The number of hydrogen-bond acceptors (Lipinski definition) is 5. The number of imidazole rings is 1. The van der Waals surface area contributed by atoms with Crippen molar-refractivity contribution in [2.75, 3.05) is 31.3 Å². The fourth-order valence-corrected chi connectivity index (χ4v) is 3.98. The van der Waals surface area contributed by atoms with Gasteiger partial charge >= 0.3 is 0 Å². The Morgan fingerprint density at radius 1 is 1.37 bits per heavy atom. The summed E-state index contributed by atoms with van der Waals surface area (Å²) in [4.78, 5) is 16.6. The zero-order valence-corrected chi connectivity index (χ0v) is 16.1. The average Bonchev–Trinajstić information content (AvgIpc) is 3.16. The van der Waals surface area contributed by atoms with Crippen LogP contribution in [-0.4, -0.2) is 54.1 Å². The molecule has 0 bridgehead atoms. The Morgan fingerprint density at radius 2 is 2.19 bits per heavy atom. The molecule has 1 aliphatic heterocycles. The number of amides is 1. The van der Waals surface area contributed by atoms with E-state index in [9.17, 15) is 13.2 Å². The Bertz CT molecular complexity index is 867. The molecule has 1 N–H and O–H groups in total. The molecule has 9 heteroatoms. The zero-order chi connectivity index (χ0) is 19.3. The van der Waals surface area contributed by atoms with E-state index in [-0.39, 0.29) is 18.4 Å². The topological polar surface area (TPSA) is 93.5 Å². The third-order valence-electron chi connectivity index (χ3n) is 4.54. The molecule has 146 valence electrons. The lowest BCUT2D eigenvalue weighted by atomic mass is 9.98. The Morgan fingerprint density at radius 3 is 2.93 bits per heavy atom. The summed E-state index contributed by atoms with van der Waals surface area (Å²) in [6.07, 6.45) is 7.80. The fourth-order valence-electron chi connectivity index (χ4n) is 3.07. The summed E-state index contributed by atoms with van der Waals surface area (Å²) in [6.45, 7) is 1.77. The predicted molar refractivity (Wildman–Crippen MR) is 102 cm³/mol. The van der Waals surface area contributed by atoms with E-state index >= 15 is 0 Å². The normalized spacial score (nSPS) is 18.2. The number of carbonyl (C=O) groups excluding carboxylic acids is 1. The van der Waals surface area contributed by atoms with Crippen LogP contribution in [0.3, 0.4) is 0 Å². The summed E-state index contributed by atoms with van der Waals surface area (Å²) in [7, 11) is -3.29. The van der Waals surface area contributed by atoms with Gasteiger partial charge in [-0.25, -0.2) is 17.7 Å². The van der Waals surface area contributed by atoms with Crippen LogP contribution in [0.2, 0.25) is 0 Å². The molecule has 1 unspecified atom stereocenters. The van der Waals surface area contributed by atoms with E-state index in [1.807, 2.05) is 22.9 Å².